The molecule has 0 saturated heterocycles. The fraction of sp³-hybridized carbons (Fsp3) is 0.688. The van der Waals surface area contributed by atoms with Gasteiger partial charge in [-0.15, -0.1) is 0 Å². The van der Waals surface area contributed by atoms with Crippen LogP contribution in [0.3, 0.4) is 0 Å². The van der Waals surface area contributed by atoms with Crippen molar-refractivity contribution in [3.63, 3.8) is 0 Å². The van der Waals surface area contributed by atoms with Crippen LogP contribution in [0.2, 0.25) is 0 Å². The largest absolute Gasteiger partial charge is 0.306 e. The second-order valence-electron chi connectivity index (χ2n) is 5.57. The van der Waals surface area contributed by atoms with E-state index in [0.717, 1.165) is 6.54 Å². The molecule has 19 heavy (non-hydrogen) atoms. The minimum atomic E-state index is 0.367. The lowest BCUT2D eigenvalue weighted by atomic mass is 9.95. The standard InChI is InChI=1S/C16H27N3/c1-4-11-17-16(14-9-7-5-6-8-10-14)15-12-18-19(3)13(15)2/h9,12,16-17H,4-8,10-11H2,1-3H3. The number of hydrogen-bond acceptors (Lipinski definition) is 2. The van der Waals surface area contributed by atoms with Crippen LogP contribution >= 0.6 is 0 Å². The lowest BCUT2D eigenvalue weighted by Gasteiger charge is -2.21. The minimum Gasteiger partial charge on any atom is -0.306 e. The van der Waals surface area contributed by atoms with Crippen LogP contribution in [0.5, 0.6) is 0 Å². The molecule has 0 saturated carbocycles. The quantitative estimate of drug-likeness (QED) is 0.820. The Hall–Kier alpha value is -1.09. The average molecular weight is 261 g/mol. The van der Waals surface area contributed by atoms with Crippen molar-refractivity contribution >= 4 is 0 Å². The maximum absolute atomic E-state index is 4.41. The Morgan fingerprint density at radius 3 is 2.89 bits per heavy atom. The van der Waals surface area contributed by atoms with E-state index in [1.54, 1.807) is 5.57 Å². The number of rotatable bonds is 5. The highest BCUT2D eigenvalue weighted by Gasteiger charge is 2.20. The second kappa shape index (κ2) is 6.90. The van der Waals surface area contributed by atoms with Gasteiger partial charge in [0.2, 0.25) is 0 Å². The van der Waals surface area contributed by atoms with Crippen molar-refractivity contribution in [1.82, 2.24) is 15.1 Å². The molecule has 1 atom stereocenters. The third kappa shape index (κ3) is 3.47. The first-order valence-corrected chi connectivity index (χ1v) is 7.64. The molecule has 0 aliphatic heterocycles. The van der Waals surface area contributed by atoms with Crippen LogP contribution in [0, 0.1) is 6.92 Å². The van der Waals surface area contributed by atoms with E-state index in [2.05, 4.69) is 30.3 Å². The zero-order valence-electron chi connectivity index (χ0n) is 12.6. The normalized spacial score (nSPS) is 17.9. The first-order chi connectivity index (χ1) is 9.24. The van der Waals surface area contributed by atoms with E-state index in [0.29, 0.717) is 6.04 Å². The molecule has 0 fully saturated rings. The highest BCUT2D eigenvalue weighted by molar-refractivity contribution is 5.30. The number of nitrogens with zero attached hydrogens (tertiary/aromatic N) is 2. The van der Waals surface area contributed by atoms with Crippen LogP contribution in [0.1, 0.15) is 62.7 Å². The molecule has 1 aromatic rings. The molecule has 106 valence electrons. The molecule has 1 unspecified atom stereocenters. The van der Waals surface area contributed by atoms with Gasteiger partial charge < -0.3 is 5.32 Å². The Labute approximate surface area is 117 Å². The Balaban J connectivity index is 2.24. The molecule has 0 bridgehead atoms. The summed E-state index contributed by atoms with van der Waals surface area (Å²) in [6, 6.07) is 0.367. The van der Waals surface area contributed by atoms with E-state index < -0.39 is 0 Å². The van der Waals surface area contributed by atoms with Crippen LogP contribution in [0.4, 0.5) is 0 Å². The summed E-state index contributed by atoms with van der Waals surface area (Å²) in [4.78, 5) is 0. The van der Waals surface area contributed by atoms with Crippen LogP contribution < -0.4 is 5.32 Å². The van der Waals surface area contributed by atoms with E-state index in [-0.39, 0.29) is 0 Å². The smallest absolute Gasteiger partial charge is 0.0570 e. The van der Waals surface area contributed by atoms with Gasteiger partial charge in [0.25, 0.3) is 0 Å². The molecular weight excluding hydrogens is 234 g/mol. The summed E-state index contributed by atoms with van der Waals surface area (Å²) in [6.07, 6.45) is 12.2. The molecule has 1 heterocycles. The van der Waals surface area contributed by atoms with Crippen molar-refractivity contribution in [3.05, 3.63) is 29.1 Å². The molecule has 1 aliphatic rings. The van der Waals surface area contributed by atoms with Crippen LogP contribution in [0.25, 0.3) is 0 Å². The average Bonchev–Trinajstić information content (AvgIpc) is 2.63. The van der Waals surface area contributed by atoms with E-state index >= 15 is 0 Å². The van der Waals surface area contributed by atoms with Crippen molar-refractivity contribution in [2.75, 3.05) is 6.54 Å². The number of aromatic nitrogens is 2. The van der Waals surface area contributed by atoms with Crippen LogP contribution in [0.15, 0.2) is 17.8 Å². The first kappa shape index (κ1) is 14.3. The Bertz CT molecular complexity index is 431. The molecule has 0 radical (unpaired) electrons. The lowest BCUT2D eigenvalue weighted by molar-refractivity contribution is 0.564. The Morgan fingerprint density at radius 1 is 1.37 bits per heavy atom. The van der Waals surface area contributed by atoms with E-state index in [1.165, 1.54) is 49.8 Å². The molecule has 3 nitrogen and oxygen atoms in total. The highest BCUT2D eigenvalue weighted by atomic mass is 15.3. The fourth-order valence-electron chi connectivity index (χ4n) is 2.83. The van der Waals surface area contributed by atoms with Gasteiger partial charge in [-0.3, -0.25) is 4.68 Å². The van der Waals surface area contributed by atoms with Gasteiger partial charge in [-0.25, -0.2) is 0 Å². The summed E-state index contributed by atoms with van der Waals surface area (Å²) in [5.74, 6) is 0. The van der Waals surface area contributed by atoms with Gasteiger partial charge in [-0.2, -0.15) is 5.10 Å². The molecule has 1 aromatic heterocycles. The zero-order valence-corrected chi connectivity index (χ0v) is 12.6. The van der Waals surface area contributed by atoms with Crippen LogP contribution in [-0.2, 0) is 7.05 Å². The number of hydrogen-bond donors (Lipinski definition) is 1. The topological polar surface area (TPSA) is 29.9 Å². The van der Waals surface area contributed by atoms with Gasteiger partial charge in [0.1, 0.15) is 0 Å². The summed E-state index contributed by atoms with van der Waals surface area (Å²) in [6.45, 7) is 5.46. The van der Waals surface area contributed by atoms with E-state index in [1.807, 2.05) is 17.9 Å². The molecule has 3 heteroatoms. The third-order valence-electron chi connectivity index (χ3n) is 4.13. The molecule has 1 N–H and O–H groups in total. The third-order valence-corrected chi connectivity index (χ3v) is 4.13. The number of allylic oxidation sites excluding steroid dienone is 1. The summed E-state index contributed by atoms with van der Waals surface area (Å²) in [5.41, 5.74) is 4.20. The van der Waals surface area contributed by atoms with Gasteiger partial charge in [0.05, 0.1) is 12.2 Å². The van der Waals surface area contributed by atoms with Crippen LogP contribution in [-0.4, -0.2) is 16.3 Å². The van der Waals surface area contributed by atoms with Gasteiger partial charge in [0, 0.05) is 18.3 Å². The first-order valence-electron chi connectivity index (χ1n) is 7.64. The predicted octanol–water partition coefficient (Wildman–Crippen LogP) is 3.66. The van der Waals surface area contributed by atoms with Crippen molar-refractivity contribution in [3.8, 4) is 0 Å². The lowest BCUT2D eigenvalue weighted by Crippen LogP contribution is -2.24. The SMILES string of the molecule is CCCNC(C1=CCCCCC1)c1cnn(C)c1C. The van der Waals surface area contributed by atoms with E-state index in [4.69, 9.17) is 0 Å². The summed E-state index contributed by atoms with van der Waals surface area (Å²) in [5, 5.41) is 8.13. The van der Waals surface area contributed by atoms with Crippen molar-refractivity contribution < 1.29 is 0 Å². The molecule has 0 amide bonds. The van der Waals surface area contributed by atoms with Gasteiger partial charge in [-0.05, 0) is 45.6 Å². The molecule has 0 aromatic carbocycles. The van der Waals surface area contributed by atoms with Gasteiger partial charge in [0.15, 0.2) is 0 Å². The number of aryl methyl sites for hydroxylation is 1. The predicted molar refractivity (Wildman–Crippen MR) is 80.1 cm³/mol. The molecular formula is C16H27N3. The summed E-state index contributed by atoms with van der Waals surface area (Å²) in [7, 11) is 2.02. The van der Waals surface area contributed by atoms with E-state index in [9.17, 15) is 0 Å². The summed E-state index contributed by atoms with van der Waals surface area (Å²) < 4.78 is 1.98. The fourth-order valence-corrected chi connectivity index (χ4v) is 2.83. The maximum atomic E-state index is 4.41. The number of nitrogens with one attached hydrogen (secondary N) is 1. The highest BCUT2D eigenvalue weighted by Crippen LogP contribution is 2.30. The molecule has 0 spiro atoms. The Morgan fingerprint density at radius 2 is 2.21 bits per heavy atom. The zero-order chi connectivity index (χ0) is 13.7. The second-order valence-corrected chi connectivity index (χ2v) is 5.57. The van der Waals surface area contributed by atoms with Crippen molar-refractivity contribution in [2.24, 2.45) is 7.05 Å². The van der Waals surface area contributed by atoms with Crippen molar-refractivity contribution in [1.29, 1.82) is 0 Å². The monoisotopic (exact) mass is 261 g/mol. The molecule has 2 rings (SSSR count). The van der Waals surface area contributed by atoms with Gasteiger partial charge in [-0.1, -0.05) is 25.0 Å². The summed E-state index contributed by atoms with van der Waals surface area (Å²) >= 11 is 0. The minimum absolute atomic E-state index is 0.367. The Kier molecular flexibility index (Phi) is 5.20. The molecule has 1 aliphatic carbocycles. The maximum Gasteiger partial charge on any atom is 0.0570 e. The van der Waals surface area contributed by atoms with Gasteiger partial charge >= 0.3 is 0 Å². The van der Waals surface area contributed by atoms with Crippen molar-refractivity contribution in [2.45, 2.75) is 58.4 Å².